The molecule has 0 bridgehead atoms. The van der Waals surface area contributed by atoms with Crippen molar-refractivity contribution in [2.24, 2.45) is 0 Å². The number of hydrogen-bond acceptors (Lipinski definition) is 4. The predicted octanol–water partition coefficient (Wildman–Crippen LogP) is 3.11. The Bertz CT molecular complexity index is 774. The highest BCUT2D eigenvalue weighted by Gasteiger charge is 2.28. The number of alkyl carbamates (subject to hydrolysis) is 1. The number of benzene rings is 2. The Morgan fingerprint density at radius 3 is 2.60 bits per heavy atom. The lowest BCUT2D eigenvalue weighted by Gasteiger charge is -2.24. The van der Waals surface area contributed by atoms with Crippen LogP contribution in [0.1, 0.15) is 34.9 Å². The second kappa shape index (κ2) is 7.25. The molecule has 0 radical (unpaired) electrons. The fraction of sp³-hybridized carbons (Fsp3) is 0.263. The number of nitrogens with zero attached hydrogens (tertiary/aromatic N) is 1. The molecule has 1 atom stereocenters. The number of anilines is 2. The number of carbonyl (C=O) groups is 2. The second-order valence-electron chi connectivity index (χ2n) is 5.92. The molecule has 3 rings (SSSR count). The van der Waals surface area contributed by atoms with E-state index in [9.17, 15) is 9.59 Å². The molecule has 25 heavy (non-hydrogen) atoms. The Kier molecular flexibility index (Phi) is 4.88. The van der Waals surface area contributed by atoms with Gasteiger partial charge in [-0.1, -0.05) is 18.2 Å². The second-order valence-corrected chi connectivity index (χ2v) is 5.92. The number of rotatable bonds is 2. The molecule has 0 saturated carbocycles. The van der Waals surface area contributed by atoms with Crippen LogP contribution in [0.4, 0.5) is 16.2 Å². The van der Waals surface area contributed by atoms with E-state index in [0.29, 0.717) is 24.2 Å². The minimum atomic E-state index is -0.474. The minimum absolute atomic E-state index is 0.0898. The molecule has 6 heteroatoms. The standard InChI is InChI=1S/C19H21N3O3/c1-21-19(24)25-17-7-4-12-22(16-6-3-2-5-15(16)17)18(23)13-8-10-14(20)11-9-13/h2-3,5-6,8-11,17H,4,7,12,20H2,1H3,(H,21,24). The summed E-state index contributed by atoms with van der Waals surface area (Å²) in [7, 11) is 1.53. The maximum Gasteiger partial charge on any atom is 0.407 e. The highest BCUT2D eigenvalue weighted by Crippen LogP contribution is 2.35. The first kappa shape index (κ1) is 16.8. The van der Waals surface area contributed by atoms with Crippen molar-refractivity contribution in [2.45, 2.75) is 18.9 Å². The van der Waals surface area contributed by atoms with Gasteiger partial charge in [-0.25, -0.2) is 4.79 Å². The maximum absolute atomic E-state index is 13.0. The number of nitrogens with one attached hydrogen (secondary N) is 1. The predicted molar refractivity (Wildman–Crippen MR) is 96.5 cm³/mol. The summed E-state index contributed by atoms with van der Waals surface area (Å²) in [6.07, 6.45) is 0.547. The summed E-state index contributed by atoms with van der Waals surface area (Å²) >= 11 is 0. The van der Waals surface area contributed by atoms with Gasteiger partial charge in [-0.3, -0.25) is 4.79 Å². The van der Waals surface area contributed by atoms with Gasteiger partial charge in [0.2, 0.25) is 0 Å². The Balaban J connectivity index is 1.94. The summed E-state index contributed by atoms with van der Waals surface area (Å²) in [6, 6.07) is 14.4. The van der Waals surface area contributed by atoms with E-state index in [1.54, 1.807) is 29.2 Å². The lowest BCUT2D eigenvalue weighted by Crippen LogP contribution is -2.31. The van der Waals surface area contributed by atoms with Gasteiger partial charge < -0.3 is 20.7 Å². The van der Waals surface area contributed by atoms with E-state index in [1.165, 1.54) is 7.05 Å². The van der Waals surface area contributed by atoms with E-state index >= 15 is 0 Å². The van der Waals surface area contributed by atoms with E-state index in [4.69, 9.17) is 10.5 Å². The van der Waals surface area contributed by atoms with E-state index in [1.807, 2.05) is 24.3 Å². The molecule has 0 saturated heterocycles. The SMILES string of the molecule is CNC(=O)OC1CCCN(C(=O)c2ccc(N)cc2)c2ccccc21. The molecule has 3 N–H and O–H groups in total. The van der Waals surface area contributed by atoms with Gasteiger partial charge in [0, 0.05) is 30.4 Å². The number of carbonyl (C=O) groups excluding carboxylic acids is 2. The smallest absolute Gasteiger partial charge is 0.407 e. The summed E-state index contributed by atoms with van der Waals surface area (Å²) in [5.41, 5.74) is 8.52. The average Bonchev–Trinajstić information content (AvgIpc) is 2.81. The third kappa shape index (κ3) is 3.57. The van der Waals surface area contributed by atoms with Crippen LogP contribution in [0.5, 0.6) is 0 Å². The molecule has 1 aliphatic heterocycles. The van der Waals surface area contributed by atoms with Crippen molar-refractivity contribution < 1.29 is 14.3 Å². The van der Waals surface area contributed by atoms with Crippen molar-refractivity contribution in [1.82, 2.24) is 5.32 Å². The molecule has 2 aromatic carbocycles. The van der Waals surface area contributed by atoms with Crippen LogP contribution < -0.4 is 16.0 Å². The van der Waals surface area contributed by atoms with Crippen LogP contribution in [0.15, 0.2) is 48.5 Å². The third-order valence-corrected chi connectivity index (χ3v) is 4.28. The Morgan fingerprint density at radius 1 is 1.16 bits per heavy atom. The van der Waals surface area contributed by atoms with Crippen molar-refractivity contribution in [3.05, 3.63) is 59.7 Å². The highest BCUT2D eigenvalue weighted by molar-refractivity contribution is 6.06. The zero-order valence-corrected chi connectivity index (χ0v) is 14.1. The lowest BCUT2D eigenvalue weighted by molar-refractivity contribution is 0.0943. The average molecular weight is 339 g/mol. The normalized spacial score (nSPS) is 16.5. The van der Waals surface area contributed by atoms with Gasteiger partial charge in [-0.05, 0) is 43.2 Å². The van der Waals surface area contributed by atoms with Gasteiger partial charge >= 0.3 is 6.09 Å². The summed E-state index contributed by atoms with van der Waals surface area (Å²) in [5, 5.41) is 2.48. The van der Waals surface area contributed by atoms with Crippen molar-refractivity contribution >= 4 is 23.4 Å². The molecule has 2 aromatic rings. The number of hydrogen-bond donors (Lipinski definition) is 2. The molecule has 1 heterocycles. The number of ether oxygens (including phenoxy) is 1. The number of amides is 2. The Labute approximate surface area is 146 Å². The molecule has 130 valence electrons. The van der Waals surface area contributed by atoms with Gasteiger partial charge in [-0.2, -0.15) is 0 Å². The largest absolute Gasteiger partial charge is 0.441 e. The number of nitrogens with two attached hydrogens (primary N) is 1. The first-order chi connectivity index (χ1) is 12.1. The number of nitrogen functional groups attached to an aromatic ring is 1. The first-order valence-electron chi connectivity index (χ1n) is 8.25. The van der Waals surface area contributed by atoms with Crippen LogP contribution in [0.3, 0.4) is 0 Å². The third-order valence-electron chi connectivity index (χ3n) is 4.28. The van der Waals surface area contributed by atoms with Crippen LogP contribution in [-0.4, -0.2) is 25.6 Å². The molecule has 0 aromatic heterocycles. The zero-order valence-electron chi connectivity index (χ0n) is 14.1. The molecule has 6 nitrogen and oxygen atoms in total. The Hall–Kier alpha value is -3.02. The topological polar surface area (TPSA) is 84.7 Å². The molecular formula is C19H21N3O3. The molecule has 1 aliphatic rings. The summed E-state index contributed by atoms with van der Waals surface area (Å²) < 4.78 is 5.49. The van der Waals surface area contributed by atoms with Crippen LogP contribution in [0.2, 0.25) is 0 Å². The van der Waals surface area contributed by atoms with Crippen molar-refractivity contribution in [3.63, 3.8) is 0 Å². The maximum atomic E-state index is 13.0. The minimum Gasteiger partial charge on any atom is -0.441 e. The molecule has 0 spiro atoms. The molecule has 2 amide bonds. The van der Waals surface area contributed by atoms with Crippen LogP contribution in [-0.2, 0) is 4.74 Å². The molecular weight excluding hydrogens is 318 g/mol. The van der Waals surface area contributed by atoms with Gasteiger partial charge in [0.05, 0.1) is 5.69 Å². The first-order valence-corrected chi connectivity index (χ1v) is 8.25. The zero-order chi connectivity index (χ0) is 17.8. The van der Waals surface area contributed by atoms with Crippen molar-refractivity contribution in [1.29, 1.82) is 0 Å². The molecule has 0 aliphatic carbocycles. The van der Waals surface area contributed by atoms with Gasteiger partial charge in [0.15, 0.2) is 0 Å². The quantitative estimate of drug-likeness (QED) is 0.823. The van der Waals surface area contributed by atoms with E-state index in [0.717, 1.165) is 17.7 Å². The molecule has 0 fully saturated rings. The van der Waals surface area contributed by atoms with E-state index in [2.05, 4.69) is 5.32 Å². The summed E-state index contributed by atoms with van der Waals surface area (Å²) in [4.78, 5) is 26.4. The fourth-order valence-corrected chi connectivity index (χ4v) is 3.02. The molecule has 1 unspecified atom stereocenters. The van der Waals surface area contributed by atoms with E-state index in [-0.39, 0.29) is 12.0 Å². The summed E-state index contributed by atoms with van der Waals surface area (Å²) in [6.45, 7) is 0.563. The van der Waals surface area contributed by atoms with Crippen LogP contribution >= 0.6 is 0 Å². The van der Waals surface area contributed by atoms with Crippen LogP contribution in [0.25, 0.3) is 0 Å². The summed E-state index contributed by atoms with van der Waals surface area (Å²) in [5.74, 6) is -0.0898. The number of para-hydroxylation sites is 1. The number of fused-ring (bicyclic) bond motifs is 1. The van der Waals surface area contributed by atoms with Crippen molar-refractivity contribution in [3.8, 4) is 0 Å². The van der Waals surface area contributed by atoms with Gasteiger partial charge in [0.25, 0.3) is 5.91 Å². The van der Waals surface area contributed by atoms with E-state index < -0.39 is 6.09 Å². The van der Waals surface area contributed by atoms with Gasteiger partial charge in [0.1, 0.15) is 6.10 Å². The lowest BCUT2D eigenvalue weighted by atomic mass is 10.0. The monoisotopic (exact) mass is 339 g/mol. The fourth-order valence-electron chi connectivity index (χ4n) is 3.02. The Morgan fingerprint density at radius 2 is 1.88 bits per heavy atom. The van der Waals surface area contributed by atoms with Crippen molar-refractivity contribution in [2.75, 3.05) is 24.2 Å². The highest BCUT2D eigenvalue weighted by atomic mass is 16.6. The van der Waals surface area contributed by atoms with Gasteiger partial charge in [-0.15, -0.1) is 0 Å². The van der Waals surface area contributed by atoms with Crippen LogP contribution in [0, 0.1) is 0 Å².